The van der Waals surface area contributed by atoms with Crippen LogP contribution in [0.5, 0.6) is 0 Å². The van der Waals surface area contributed by atoms with Crippen LogP contribution in [0, 0.1) is 12.8 Å². The van der Waals surface area contributed by atoms with E-state index in [0.717, 1.165) is 19.0 Å². The minimum absolute atomic E-state index is 0.794. The highest BCUT2D eigenvalue weighted by Crippen LogP contribution is 2.23. The molecule has 0 bridgehead atoms. The minimum Gasteiger partial charge on any atom is -0.370 e. The number of aryl methyl sites for hydroxylation is 1. The van der Waals surface area contributed by atoms with Gasteiger partial charge in [0, 0.05) is 19.3 Å². The summed E-state index contributed by atoms with van der Waals surface area (Å²) in [7, 11) is 0. The first-order valence-corrected chi connectivity index (χ1v) is 6.67. The Balaban J connectivity index is 1.85. The molecule has 1 fully saturated rings. The van der Waals surface area contributed by atoms with Crippen LogP contribution in [0.3, 0.4) is 0 Å². The van der Waals surface area contributed by atoms with E-state index in [0.29, 0.717) is 0 Å². The molecule has 17 heavy (non-hydrogen) atoms. The maximum Gasteiger partial charge on any atom is 0.0555 e. The van der Waals surface area contributed by atoms with Gasteiger partial charge in [0.05, 0.1) is 11.9 Å². The normalized spacial score (nSPS) is 19.9. The fourth-order valence-electron chi connectivity index (χ4n) is 2.43. The third-order valence-corrected chi connectivity index (χ3v) is 3.37. The highest BCUT2D eigenvalue weighted by atomic mass is 15.2. The van der Waals surface area contributed by atoms with Gasteiger partial charge in [-0.15, -0.1) is 0 Å². The third kappa shape index (κ3) is 3.43. The lowest BCUT2D eigenvalue weighted by Crippen LogP contribution is -2.26. The van der Waals surface area contributed by atoms with Crippen LogP contribution in [0.4, 0.5) is 5.69 Å². The van der Waals surface area contributed by atoms with E-state index in [9.17, 15) is 0 Å². The lowest BCUT2D eigenvalue weighted by molar-refractivity contribution is 0.516. The van der Waals surface area contributed by atoms with Crippen molar-refractivity contribution in [3.63, 3.8) is 0 Å². The van der Waals surface area contributed by atoms with Crippen LogP contribution in [-0.2, 0) is 0 Å². The molecule has 1 aromatic heterocycles. The standard InChI is InChI=1S/C14H23N3/c1-3-5-15-9-13-4-6-17(11-13)14-7-12(2)8-16-10-14/h7-8,10,13,15H,3-6,9,11H2,1-2H3. The molecule has 0 radical (unpaired) electrons. The number of rotatable bonds is 5. The van der Waals surface area contributed by atoms with Gasteiger partial charge in [0.15, 0.2) is 0 Å². The summed E-state index contributed by atoms with van der Waals surface area (Å²) >= 11 is 0. The number of anilines is 1. The van der Waals surface area contributed by atoms with E-state index < -0.39 is 0 Å². The van der Waals surface area contributed by atoms with E-state index in [-0.39, 0.29) is 0 Å². The Hall–Kier alpha value is -1.09. The molecule has 0 aliphatic carbocycles. The number of aromatic nitrogens is 1. The molecule has 94 valence electrons. The molecule has 0 spiro atoms. The van der Waals surface area contributed by atoms with Gasteiger partial charge in [-0.1, -0.05) is 6.92 Å². The van der Waals surface area contributed by atoms with Gasteiger partial charge in [-0.25, -0.2) is 0 Å². The highest BCUT2D eigenvalue weighted by molar-refractivity contribution is 5.46. The van der Waals surface area contributed by atoms with Gasteiger partial charge in [0.25, 0.3) is 0 Å². The van der Waals surface area contributed by atoms with Crippen molar-refractivity contribution >= 4 is 5.69 Å². The van der Waals surface area contributed by atoms with Gasteiger partial charge >= 0.3 is 0 Å². The van der Waals surface area contributed by atoms with E-state index >= 15 is 0 Å². The molecule has 3 nitrogen and oxygen atoms in total. The summed E-state index contributed by atoms with van der Waals surface area (Å²) in [6.07, 6.45) is 6.41. The molecule has 0 aromatic carbocycles. The molecule has 1 N–H and O–H groups in total. The van der Waals surface area contributed by atoms with Gasteiger partial charge in [-0.3, -0.25) is 4.98 Å². The van der Waals surface area contributed by atoms with E-state index in [1.165, 1.54) is 37.2 Å². The van der Waals surface area contributed by atoms with Crippen LogP contribution in [0.25, 0.3) is 0 Å². The Morgan fingerprint density at radius 3 is 3.12 bits per heavy atom. The van der Waals surface area contributed by atoms with Gasteiger partial charge < -0.3 is 10.2 Å². The van der Waals surface area contributed by atoms with E-state index in [4.69, 9.17) is 0 Å². The Labute approximate surface area is 104 Å². The molecule has 3 heteroatoms. The molecule has 1 saturated heterocycles. The van der Waals surface area contributed by atoms with Crippen molar-refractivity contribution in [2.45, 2.75) is 26.7 Å². The Morgan fingerprint density at radius 2 is 2.35 bits per heavy atom. The monoisotopic (exact) mass is 233 g/mol. The topological polar surface area (TPSA) is 28.2 Å². The maximum atomic E-state index is 4.27. The van der Waals surface area contributed by atoms with Crippen molar-refractivity contribution in [2.75, 3.05) is 31.1 Å². The zero-order valence-electron chi connectivity index (χ0n) is 10.9. The zero-order chi connectivity index (χ0) is 12.1. The summed E-state index contributed by atoms with van der Waals surface area (Å²) in [6.45, 7) is 8.96. The summed E-state index contributed by atoms with van der Waals surface area (Å²) in [5.74, 6) is 0.794. The van der Waals surface area contributed by atoms with Gasteiger partial charge in [0.2, 0.25) is 0 Å². The summed E-state index contributed by atoms with van der Waals surface area (Å²) in [5, 5.41) is 3.52. The number of hydrogen-bond acceptors (Lipinski definition) is 3. The van der Waals surface area contributed by atoms with Crippen molar-refractivity contribution in [1.82, 2.24) is 10.3 Å². The first-order valence-electron chi connectivity index (χ1n) is 6.67. The van der Waals surface area contributed by atoms with Crippen LogP contribution in [0.15, 0.2) is 18.5 Å². The molecule has 1 aromatic rings. The molecular weight excluding hydrogens is 210 g/mol. The SMILES string of the molecule is CCCNCC1CCN(c2cncc(C)c2)C1. The lowest BCUT2D eigenvalue weighted by Gasteiger charge is -2.18. The molecule has 1 unspecified atom stereocenters. The predicted octanol–water partition coefficient (Wildman–Crippen LogP) is 2.22. The number of nitrogens with one attached hydrogen (secondary N) is 1. The van der Waals surface area contributed by atoms with Gasteiger partial charge in [-0.2, -0.15) is 0 Å². The van der Waals surface area contributed by atoms with E-state index in [2.05, 4.69) is 35.1 Å². The van der Waals surface area contributed by atoms with Crippen molar-refractivity contribution in [3.8, 4) is 0 Å². The molecule has 0 amide bonds. The first kappa shape index (κ1) is 12.4. The number of hydrogen-bond donors (Lipinski definition) is 1. The Bertz CT molecular complexity index is 351. The molecule has 1 aliphatic heterocycles. The van der Waals surface area contributed by atoms with Crippen molar-refractivity contribution in [1.29, 1.82) is 0 Å². The van der Waals surface area contributed by atoms with Crippen LogP contribution < -0.4 is 10.2 Å². The van der Waals surface area contributed by atoms with Crippen LogP contribution >= 0.6 is 0 Å². The highest BCUT2D eigenvalue weighted by Gasteiger charge is 2.22. The molecular formula is C14H23N3. The lowest BCUT2D eigenvalue weighted by atomic mass is 10.1. The Kier molecular flexibility index (Phi) is 4.37. The van der Waals surface area contributed by atoms with Crippen molar-refractivity contribution < 1.29 is 0 Å². The summed E-state index contributed by atoms with van der Waals surface area (Å²) in [5.41, 5.74) is 2.53. The zero-order valence-corrected chi connectivity index (χ0v) is 10.9. The van der Waals surface area contributed by atoms with Crippen LogP contribution in [0.2, 0.25) is 0 Å². The van der Waals surface area contributed by atoms with Gasteiger partial charge in [0.1, 0.15) is 0 Å². The quantitative estimate of drug-likeness (QED) is 0.790. The van der Waals surface area contributed by atoms with E-state index in [1.54, 1.807) is 0 Å². The molecule has 1 atom stereocenters. The average molecular weight is 233 g/mol. The largest absolute Gasteiger partial charge is 0.370 e. The molecule has 0 saturated carbocycles. The molecule has 2 heterocycles. The molecule has 2 rings (SSSR count). The van der Waals surface area contributed by atoms with Crippen molar-refractivity contribution in [3.05, 3.63) is 24.0 Å². The fourth-order valence-corrected chi connectivity index (χ4v) is 2.43. The fraction of sp³-hybridized carbons (Fsp3) is 0.643. The van der Waals surface area contributed by atoms with Crippen molar-refractivity contribution in [2.24, 2.45) is 5.92 Å². The number of pyridine rings is 1. The second-order valence-corrected chi connectivity index (χ2v) is 5.03. The first-order chi connectivity index (χ1) is 8.29. The summed E-state index contributed by atoms with van der Waals surface area (Å²) in [6, 6.07) is 2.23. The second-order valence-electron chi connectivity index (χ2n) is 5.03. The maximum absolute atomic E-state index is 4.27. The van der Waals surface area contributed by atoms with E-state index in [1.807, 2.05) is 12.4 Å². The minimum atomic E-state index is 0.794. The summed E-state index contributed by atoms with van der Waals surface area (Å²) in [4.78, 5) is 6.73. The van der Waals surface area contributed by atoms with Gasteiger partial charge in [-0.05, 0) is 50.4 Å². The third-order valence-electron chi connectivity index (χ3n) is 3.37. The van der Waals surface area contributed by atoms with Crippen LogP contribution in [-0.4, -0.2) is 31.2 Å². The average Bonchev–Trinajstić information content (AvgIpc) is 2.78. The summed E-state index contributed by atoms with van der Waals surface area (Å²) < 4.78 is 0. The Morgan fingerprint density at radius 1 is 1.47 bits per heavy atom. The number of nitrogens with zero attached hydrogens (tertiary/aromatic N) is 2. The second kappa shape index (κ2) is 6.01. The molecule has 1 aliphatic rings. The van der Waals surface area contributed by atoms with Crippen LogP contribution in [0.1, 0.15) is 25.3 Å². The smallest absolute Gasteiger partial charge is 0.0555 e. The predicted molar refractivity (Wildman–Crippen MR) is 72.5 cm³/mol.